The van der Waals surface area contributed by atoms with E-state index in [2.05, 4.69) is 5.32 Å². The summed E-state index contributed by atoms with van der Waals surface area (Å²) in [4.78, 5) is 10.3. The minimum atomic E-state index is -0.642. The zero-order valence-corrected chi connectivity index (χ0v) is 6.13. The largest absolute Gasteiger partial charge is 0.390 e. The first-order valence-corrected chi connectivity index (χ1v) is 3.55. The Morgan fingerprint density at radius 3 is 2.90 bits per heavy atom. The molecule has 0 radical (unpaired) electrons. The van der Waals surface area contributed by atoms with Gasteiger partial charge in [0.15, 0.2) is 0 Å². The van der Waals surface area contributed by atoms with Crippen molar-refractivity contribution in [1.29, 1.82) is 0 Å². The van der Waals surface area contributed by atoms with Crippen LogP contribution in [-0.2, 0) is 4.79 Å². The molecule has 0 aliphatic carbocycles. The monoisotopic (exact) mass is 143 g/mol. The lowest BCUT2D eigenvalue weighted by atomic mass is 9.90. The number of hydrogen-bond donors (Lipinski definition) is 2. The molecule has 1 heterocycles. The highest BCUT2D eigenvalue weighted by molar-refractivity contribution is 5.57. The highest BCUT2D eigenvalue weighted by Gasteiger charge is 2.28. The Labute approximate surface area is 60.4 Å². The van der Waals surface area contributed by atoms with Crippen LogP contribution in [0, 0.1) is 0 Å². The molecule has 3 nitrogen and oxygen atoms in total. The van der Waals surface area contributed by atoms with E-state index >= 15 is 0 Å². The second-order valence-electron chi connectivity index (χ2n) is 3.15. The number of carbonyl (C=O) groups is 1. The summed E-state index contributed by atoms with van der Waals surface area (Å²) in [7, 11) is 0. The molecule has 0 aromatic heterocycles. The normalized spacial score (nSPS) is 41.2. The Morgan fingerprint density at radius 2 is 2.50 bits per heavy atom. The molecular formula is C7H13NO2. The SMILES string of the molecule is CC1(O)CCNC(C=O)C1. The van der Waals surface area contributed by atoms with Gasteiger partial charge < -0.3 is 15.2 Å². The summed E-state index contributed by atoms with van der Waals surface area (Å²) in [5.74, 6) is 0. The first-order valence-electron chi connectivity index (χ1n) is 3.55. The summed E-state index contributed by atoms with van der Waals surface area (Å²) in [5.41, 5.74) is -0.642. The minimum absolute atomic E-state index is 0.149. The van der Waals surface area contributed by atoms with E-state index in [4.69, 9.17) is 0 Å². The van der Waals surface area contributed by atoms with E-state index < -0.39 is 5.60 Å². The molecule has 3 heteroatoms. The molecule has 1 saturated heterocycles. The van der Waals surface area contributed by atoms with Gasteiger partial charge in [-0.1, -0.05) is 0 Å². The van der Waals surface area contributed by atoms with Crippen molar-refractivity contribution in [1.82, 2.24) is 5.32 Å². The van der Waals surface area contributed by atoms with Crippen molar-refractivity contribution < 1.29 is 9.90 Å². The topological polar surface area (TPSA) is 49.3 Å². The van der Waals surface area contributed by atoms with E-state index in [-0.39, 0.29) is 6.04 Å². The summed E-state index contributed by atoms with van der Waals surface area (Å²) in [6, 6.07) is -0.149. The third-order valence-electron chi connectivity index (χ3n) is 1.89. The van der Waals surface area contributed by atoms with Crippen molar-refractivity contribution in [3.05, 3.63) is 0 Å². The van der Waals surface area contributed by atoms with Crippen molar-refractivity contribution in [2.45, 2.75) is 31.4 Å². The Hall–Kier alpha value is -0.410. The summed E-state index contributed by atoms with van der Waals surface area (Å²) in [5, 5.41) is 12.5. The van der Waals surface area contributed by atoms with Gasteiger partial charge in [-0.3, -0.25) is 0 Å². The Kier molecular flexibility index (Phi) is 2.06. The maximum Gasteiger partial charge on any atom is 0.137 e. The molecule has 2 unspecified atom stereocenters. The van der Waals surface area contributed by atoms with Gasteiger partial charge in [0.05, 0.1) is 11.6 Å². The number of piperidine rings is 1. The van der Waals surface area contributed by atoms with Crippen molar-refractivity contribution in [3.8, 4) is 0 Å². The quantitative estimate of drug-likeness (QED) is 0.495. The predicted octanol–water partition coefficient (Wildman–Crippen LogP) is -0.312. The van der Waals surface area contributed by atoms with Gasteiger partial charge in [-0.05, 0) is 26.3 Å². The van der Waals surface area contributed by atoms with Crippen LogP contribution in [0.5, 0.6) is 0 Å². The molecule has 58 valence electrons. The lowest BCUT2D eigenvalue weighted by Gasteiger charge is -2.32. The third kappa shape index (κ3) is 1.78. The molecule has 0 aromatic rings. The van der Waals surface area contributed by atoms with Gasteiger partial charge in [0.1, 0.15) is 6.29 Å². The van der Waals surface area contributed by atoms with E-state index in [1.807, 2.05) is 0 Å². The van der Waals surface area contributed by atoms with Crippen LogP contribution < -0.4 is 5.32 Å². The van der Waals surface area contributed by atoms with E-state index in [0.717, 1.165) is 19.3 Å². The van der Waals surface area contributed by atoms with Crippen LogP contribution in [0.25, 0.3) is 0 Å². The van der Waals surface area contributed by atoms with Gasteiger partial charge in [-0.25, -0.2) is 0 Å². The molecule has 1 fully saturated rings. The van der Waals surface area contributed by atoms with Gasteiger partial charge >= 0.3 is 0 Å². The van der Waals surface area contributed by atoms with Crippen molar-refractivity contribution >= 4 is 6.29 Å². The molecule has 0 aromatic carbocycles. The average molecular weight is 143 g/mol. The lowest BCUT2D eigenvalue weighted by molar-refractivity contribution is -0.112. The van der Waals surface area contributed by atoms with E-state index in [9.17, 15) is 9.90 Å². The highest BCUT2D eigenvalue weighted by Crippen LogP contribution is 2.19. The summed E-state index contributed by atoms with van der Waals surface area (Å²) >= 11 is 0. The Balaban J connectivity index is 2.47. The number of aldehydes is 1. The smallest absolute Gasteiger partial charge is 0.137 e. The fourth-order valence-electron chi connectivity index (χ4n) is 1.27. The van der Waals surface area contributed by atoms with Crippen LogP contribution in [0.4, 0.5) is 0 Å². The molecule has 2 atom stereocenters. The molecule has 0 saturated carbocycles. The highest BCUT2D eigenvalue weighted by atomic mass is 16.3. The number of rotatable bonds is 1. The second kappa shape index (κ2) is 2.68. The van der Waals surface area contributed by atoms with E-state index in [1.54, 1.807) is 6.92 Å². The van der Waals surface area contributed by atoms with Crippen LogP contribution in [0.1, 0.15) is 19.8 Å². The lowest BCUT2D eigenvalue weighted by Crippen LogP contribution is -2.47. The fraction of sp³-hybridized carbons (Fsp3) is 0.857. The van der Waals surface area contributed by atoms with Crippen molar-refractivity contribution in [2.75, 3.05) is 6.54 Å². The van der Waals surface area contributed by atoms with E-state index in [1.165, 1.54) is 0 Å². The molecule has 1 aliphatic rings. The number of hydrogen-bond acceptors (Lipinski definition) is 3. The molecule has 0 bridgehead atoms. The summed E-state index contributed by atoms with van der Waals surface area (Å²) in [6.45, 7) is 2.50. The molecular weight excluding hydrogens is 130 g/mol. The first-order chi connectivity index (χ1) is 4.64. The molecule has 1 rings (SSSR count). The zero-order chi connectivity index (χ0) is 7.61. The van der Waals surface area contributed by atoms with Crippen molar-refractivity contribution in [3.63, 3.8) is 0 Å². The molecule has 2 N–H and O–H groups in total. The number of carbonyl (C=O) groups excluding carboxylic acids is 1. The number of aliphatic hydroxyl groups is 1. The molecule has 0 amide bonds. The van der Waals surface area contributed by atoms with Crippen molar-refractivity contribution in [2.24, 2.45) is 0 Å². The van der Waals surface area contributed by atoms with Crippen LogP contribution in [0.2, 0.25) is 0 Å². The van der Waals surface area contributed by atoms with Crippen LogP contribution in [0.3, 0.4) is 0 Å². The summed E-state index contributed by atoms with van der Waals surface area (Å²) in [6.07, 6.45) is 2.13. The predicted molar refractivity (Wildman–Crippen MR) is 37.7 cm³/mol. The Morgan fingerprint density at radius 1 is 1.80 bits per heavy atom. The van der Waals surface area contributed by atoms with Gasteiger partial charge in [0.2, 0.25) is 0 Å². The van der Waals surface area contributed by atoms with Crippen LogP contribution >= 0.6 is 0 Å². The minimum Gasteiger partial charge on any atom is -0.390 e. The average Bonchev–Trinajstić information content (AvgIpc) is 1.86. The third-order valence-corrected chi connectivity index (χ3v) is 1.89. The first kappa shape index (κ1) is 7.69. The van der Waals surface area contributed by atoms with Crippen LogP contribution in [-0.4, -0.2) is 29.6 Å². The standard InChI is InChI=1S/C7H13NO2/c1-7(10)2-3-8-6(4-7)5-9/h5-6,8,10H,2-4H2,1H3. The van der Waals surface area contributed by atoms with Gasteiger partial charge in [-0.15, -0.1) is 0 Å². The molecule has 1 aliphatic heterocycles. The van der Waals surface area contributed by atoms with Crippen LogP contribution in [0.15, 0.2) is 0 Å². The molecule has 0 spiro atoms. The molecule has 10 heavy (non-hydrogen) atoms. The second-order valence-corrected chi connectivity index (χ2v) is 3.15. The van der Waals surface area contributed by atoms with E-state index in [0.29, 0.717) is 6.42 Å². The summed E-state index contributed by atoms with van der Waals surface area (Å²) < 4.78 is 0. The number of nitrogens with one attached hydrogen (secondary N) is 1. The van der Waals surface area contributed by atoms with Gasteiger partial charge in [0.25, 0.3) is 0 Å². The maximum absolute atomic E-state index is 10.3. The van der Waals surface area contributed by atoms with Gasteiger partial charge in [-0.2, -0.15) is 0 Å². The fourth-order valence-corrected chi connectivity index (χ4v) is 1.27. The van der Waals surface area contributed by atoms with Gasteiger partial charge in [0, 0.05) is 0 Å². The maximum atomic E-state index is 10.3. The Bertz CT molecular complexity index is 134. The zero-order valence-electron chi connectivity index (χ0n) is 6.13.